The van der Waals surface area contributed by atoms with Gasteiger partial charge in [0.2, 0.25) is 5.91 Å². The fourth-order valence-corrected chi connectivity index (χ4v) is 10.9. The van der Waals surface area contributed by atoms with E-state index in [0.29, 0.717) is 12.8 Å². The first-order chi connectivity index (χ1) is 41.3. The Morgan fingerprint density at radius 1 is 0.424 bits per heavy atom. The summed E-state index contributed by atoms with van der Waals surface area (Å²) >= 11 is 0. The predicted octanol–water partition coefficient (Wildman–Crippen LogP) is 7.60. The summed E-state index contributed by atoms with van der Waals surface area (Å²) in [5.41, 5.74) is 0. The Morgan fingerprint density at radius 2 is 0.788 bits per heavy atom. The Balaban J connectivity index is 1.46. The maximum Gasteiger partial charge on any atom is 0.220 e. The predicted molar refractivity (Wildman–Crippen MR) is 328 cm³/mol. The van der Waals surface area contributed by atoms with Crippen molar-refractivity contribution in [3.63, 3.8) is 0 Å². The molecule has 1 amide bonds. The van der Waals surface area contributed by atoms with Gasteiger partial charge in [0.05, 0.1) is 38.6 Å². The van der Waals surface area contributed by atoms with Crippen LogP contribution in [0.15, 0.2) is 60.8 Å². The van der Waals surface area contributed by atoms with E-state index in [1.807, 2.05) is 6.08 Å². The molecular weight excluding hydrogens is 1090 g/mol. The van der Waals surface area contributed by atoms with Gasteiger partial charge in [-0.15, -0.1) is 0 Å². The highest BCUT2D eigenvalue weighted by atomic mass is 16.8. The van der Waals surface area contributed by atoms with E-state index in [-0.39, 0.29) is 18.9 Å². The highest BCUT2D eigenvalue weighted by molar-refractivity contribution is 5.76. The number of aliphatic hydroxyl groups is 11. The second kappa shape index (κ2) is 48.4. The number of amides is 1. The Bertz CT molecular complexity index is 1780. The van der Waals surface area contributed by atoms with Gasteiger partial charge in [0.1, 0.15) is 73.2 Å². The van der Waals surface area contributed by atoms with E-state index >= 15 is 0 Å². The number of carbonyl (C=O) groups is 1. The molecule has 17 atom stereocenters. The summed E-state index contributed by atoms with van der Waals surface area (Å²) in [4.78, 5) is 13.4. The van der Waals surface area contributed by atoms with Gasteiger partial charge in [0, 0.05) is 6.42 Å². The number of hydrogen-bond donors (Lipinski definition) is 12. The summed E-state index contributed by atoms with van der Waals surface area (Å²) in [7, 11) is 0. The number of carbonyl (C=O) groups excluding carboxylic acids is 1. The van der Waals surface area contributed by atoms with E-state index in [1.54, 1.807) is 6.08 Å². The summed E-state index contributed by atoms with van der Waals surface area (Å²) in [5, 5.41) is 120. The third-order valence-electron chi connectivity index (χ3n) is 16.3. The minimum atomic E-state index is -1.98. The molecule has 494 valence electrons. The van der Waals surface area contributed by atoms with Gasteiger partial charge in [0.15, 0.2) is 18.9 Å². The fourth-order valence-electron chi connectivity index (χ4n) is 10.9. The highest BCUT2D eigenvalue weighted by Crippen LogP contribution is 2.33. The van der Waals surface area contributed by atoms with Crippen molar-refractivity contribution >= 4 is 5.91 Å². The third-order valence-corrected chi connectivity index (χ3v) is 16.3. The third kappa shape index (κ3) is 31.2. The molecule has 3 fully saturated rings. The molecule has 0 spiro atoms. The molecular formula is C66H117NO18. The molecule has 17 unspecified atom stereocenters. The topological polar surface area (TPSA) is 307 Å². The molecule has 0 bridgehead atoms. The van der Waals surface area contributed by atoms with Crippen molar-refractivity contribution in [2.24, 2.45) is 0 Å². The highest BCUT2D eigenvalue weighted by Gasteiger charge is 2.53. The van der Waals surface area contributed by atoms with E-state index < -0.39 is 124 Å². The lowest BCUT2D eigenvalue weighted by atomic mass is 9.96. The molecule has 0 aliphatic carbocycles. The van der Waals surface area contributed by atoms with Crippen LogP contribution in [0.5, 0.6) is 0 Å². The zero-order chi connectivity index (χ0) is 61.9. The maximum atomic E-state index is 13.4. The van der Waals surface area contributed by atoms with E-state index in [2.05, 4.69) is 67.8 Å². The Hall–Kier alpha value is -2.51. The maximum absolute atomic E-state index is 13.4. The van der Waals surface area contributed by atoms with Crippen molar-refractivity contribution in [3.05, 3.63) is 60.8 Å². The number of aliphatic hydroxyl groups excluding tert-OH is 11. The summed E-state index contributed by atoms with van der Waals surface area (Å²) in [6.45, 7) is 1.68. The molecule has 0 aromatic heterocycles. The van der Waals surface area contributed by atoms with Crippen LogP contribution in [0.3, 0.4) is 0 Å². The quantitative estimate of drug-likeness (QED) is 0.0206. The number of allylic oxidation sites excluding steroid dienone is 9. The van der Waals surface area contributed by atoms with Crippen LogP contribution < -0.4 is 5.32 Å². The normalized spacial score (nSPS) is 29.4. The van der Waals surface area contributed by atoms with Crippen molar-refractivity contribution in [2.45, 2.75) is 324 Å². The largest absolute Gasteiger partial charge is 0.394 e. The van der Waals surface area contributed by atoms with Gasteiger partial charge in [-0.3, -0.25) is 4.79 Å². The van der Waals surface area contributed by atoms with Gasteiger partial charge in [-0.05, 0) is 70.6 Å². The molecule has 0 radical (unpaired) electrons. The van der Waals surface area contributed by atoms with Crippen LogP contribution in [0.1, 0.15) is 219 Å². The summed E-state index contributed by atoms with van der Waals surface area (Å²) in [6, 6.07) is -0.994. The number of nitrogens with one attached hydrogen (secondary N) is 1. The SMILES string of the molecule is CCCCCCC/C=C\C/C=C\C/C=C\CCCCCCCCCCCCC(=O)NC(COC1OC(CO)C(OC2OC(CO)C(OC3OC(CO)C(O)C(O)C3O)C(O)C2O)C(O)C1O)C(O)/C=C/CC/C=C/CCCCCCCCCCC. The van der Waals surface area contributed by atoms with Gasteiger partial charge >= 0.3 is 0 Å². The van der Waals surface area contributed by atoms with Gasteiger partial charge in [-0.2, -0.15) is 0 Å². The van der Waals surface area contributed by atoms with E-state index in [0.717, 1.165) is 64.2 Å². The van der Waals surface area contributed by atoms with Crippen molar-refractivity contribution in [2.75, 3.05) is 26.4 Å². The summed E-state index contributed by atoms with van der Waals surface area (Å²) in [5.74, 6) is -0.291. The standard InChI is InChI=1S/C66H117NO18/c1-3-5-7-9-11-13-15-17-19-20-21-22-23-24-25-26-27-28-30-32-34-36-38-40-42-44-54(72)67-49(50(71)43-41-39-37-35-33-31-29-18-16-14-12-10-8-6-4-2)48-80-64-60(78)57(75)62(52(46-69)82-64)85-66-61(79)58(76)63(53(47-70)83-66)84-65-59(77)56(74)55(73)51(45-68)81-65/h15,17,20-21,23-24,33,35,41,43,49-53,55-66,68-71,73-79H,3-14,16,18-19,22,25-32,34,36-40,42,44-48H2,1-2H3,(H,67,72)/b17-15-,21-20-,24-23-,35-33+,43-41+. The molecule has 85 heavy (non-hydrogen) atoms. The number of rotatable bonds is 49. The van der Waals surface area contributed by atoms with Crippen LogP contribution in [0.25, 0.3) is 0 Å². The van der Waals surface area contributed by atoms with Crippen LogP contribution >= 0.6 is 0 Å². The first kappa shape index (κ1) is 76.7. The molecule has 3 saturated heterocycles. The zero-order valence-electron chi connectivity index (χ0n) is 51.8. The van der Waals surface area contributed by atoms with Gasteiger partial charge < -0.3 is 89.9 Å². The van der Waals surface area contributed by atoms with Crippen molar-refractivity contribution in [1.29, 1.82) is 0 Å². The molecule has 0 aromatic carbocycles. The smallest absolute Gasteiger partial charge is 0.220 e. The van der Waals surface area contributed by atoms with Gasteiger partial charge in [-0.25, -0.2) is 0 Å². The summed E-state index contributed by atoms with van der Waals surface area (Å²) < 4.78 is 34.3. The van der Waals surface area contributed by atoms with Gasteiger partial charge in [0.25, 0.3) is 0 Å². The lowest BCUT2D eigenvalue weighted by Gasteiger charge is -2.48. The lowest BCUT2D eigenvalue weighted by Crippen LogP contribution is -2.66. The summed E-state index contributed by atoms with van der Waals surface area (Å²) in [6.07, 6.45) is 30.5. The Labute approximate surface area is 509 Å². The molecule has 0 saturated carbocycles. The average molecular weight is 1210 g/mol. The van der Waals surface area contributed by atoms with Crippen molar-refractivity contribution < 1.29 is 89.4 Å². The van der Waals surface area contributed by atoms with Gasteiger partial charge in [-0.1, -0.05) is 203 Å². The van der Waals surface area contributed by atoms with Crippen LogP contribution in [-0.4, -0.2) is 193 Å². The van der Waals surface area contributed by atoms with Crippen molar-refractivity contribution in [1.82, 2.24) is 5.32 Å². The van der Waals surface area contributed by atoms with E-state index in [1.165, 1.54) is 122 Å². The second-order valence-corrected chi connectivity index (χ2v) is 23.6. The lowest BCUT2D eigenvalue weighted by molar-refractivity contribution is -0.379. The fraction of sp³-hybridized carbons (Fsp3) is 0.833. The van der Waals surface area contributed by atoms with Crippen molar-refractivity contribution in [3.8, 4) is 0 Å². The molecule has 12 N–H and O–H groups in total. The van der Waals surface area contributed by atoms with E-state index in [9.17, 15) is 61.0 Å². The Morgan fingerprint density at radius 3 is 1.26 bits per heavy atom. The molecule has 3 rings (SSSR count). The molecule has 0 aromatic rings. The molecule has 3 aliphatic heterocycles. The minimum absolute atomic E-state index is 0.229. The first-order valence-corrected chi connectivity index (χ1v) is 33.0. The van der Waals surface area contributed by atoms with E-state index in [4.69, 9.17) is 28.4 Å². The number of unbranched alkanes of at least 4 members (excludes halogenated alkanes) is 25. The van der Waals surface area contributed by atoms with Crippen LogP contribution in [0.4, 0.5) is 0 Å². The number of hydrogen-bond acceptors (Lipinski definition) is 18. The van der Waals surface area contributed by atoms with Crippen LogP contribution in [-0.2, 0) is 33.2 Å². The Kier molecular flexibility index (Phi) is 43.7. The zero-order valence-corrected chi connectivity index (χ0v) is 51.8. The monoisotopic (exact) mass is 1210 g/mol. The molecule has 3 aliphatic rings. The van der Waals surface area contributed by atoms with Crippen LogP contribution in [0, 0.1) is 0 Å². The molecule has 19 nitrogen and oxygen atoms in total. The van der Waals surface area contributed by atoms with Crippen LogP contribution in [0.2, 0.25) is 0 Å². The second-order valence-electron chi connectivity index (χ2n) is 23.6. The molecule has 3 heterocycles. The molecule has 19 heteroatoms. The number of ether oxygens (including phenoxy) is 6. The minimum Gasteiger partial charge on any atom is -0.394 e. The first-order valence-electron chi connectivity index (χ1n) is 33.0. The average Bonchev–Trinajstić information content (AvgIpc) is 3.63.